The highest BCUT2D eigenvalue weighted by Gasteiger charge is 2.13. The summed E-state index contributed by atoms with van der Waals surface area (Å²) in [5, 5.41) is 6.19. The molecular formula is C18H15ClN4O. The lowest BCUT2D eigenvalue weighted by atomic mass is 10.2. The maximum atomic E-state index is 12.5. The molecule has 120 valence electrons. The van der Waals surface area contributed by atoms with Crippen LogP contribution in [-0.2, 0) is 6.54 Å². The summed E-state index contributed by atoms with van der Waals surface area (Å²) < 4.78 is 0. The molecule has 0 aliphatic rings. The van der Waals surface area contributed by atoms with Crippen molar-refractivity contribution < 1.29 is 4.79 Å². The molecule has 0 atom stereocenters. The van der Waals surface area contributed by atoms with Crippen LogP contribution in [0.5, 0.6) is 0 Å². The third kappa shape index (κ3) is 3.88. The Bertz CT molecular complexity index is 839. The molecular weight excluding hydrogens is 324 g/mol. The second-order valence-corrected chi connectivity index (χ2v) is 5.39. The van der Waals surface area contributed by atoms with Crippen molar-refractivity contribution in [2.45, 2.75) is 6.54 Å². The molecule has 3 rings (SSSR count). The Hall–Kier alpha value is -2.92. The van der Waals surface area contributed by atoms with Crippen molar-refractivity contribution in [1.82, 2.24) is 9.97 Å². The zero-order valence-corrected chi connectivity index (χ0v) is 13.5. The molecule has 0 radical (unpaired) electrons. The molecule has 0 aliphatic heterocycles. The van der Waals surface area contributed by atoms with Crippen LogP contribution in [0.2, 0.25) is 5.15 Å². The van der Waals surface area contributed by atoms with Crippen molar-refractivity contribution in [3.05, 3.63) is 83.3 Å². The summed E-state index contributed by atoms with van der Waals surface area (Å²) in [4.78, 5) is 20.7. The number of carbonyl (C=O) groups excluding carboxylic acids is 1. The Kier molecular flexibility index (Phi) is 5.03. The summed E-state index contributed by atoms with van der Waals surface area (Å²) >= 11 is 5.98. The number of amides is 1. The van der Waals surface area contributed by atoms with Crippen LogP contribution in [0.3, 0.4) is 0 Å². The van der Waals surface area contributed by atoms with E-state index in [1.807, 2.05) is 30.3 Å². The fourth-order valence-electron chi connectivity index (χ4n) is 2.18. The van der Waals surface area contributed by atoms with Crippen LogP contribution < -0.4 is 10.6 Å². The van der Waals surface area contributed by atoms with Crippen LogP contribution >= 0.6 is 11.6 Å². The first kappa shape index (κ1) is 16.0. The van der Waals surface area contributed by atoms with E-state index >= 15 is 0 Å². The number of halogens is 1. The second-order valence-electron chi connectivity index (χ2n) is 5.03. The Morgan fingerprint density at radius 2 is 1.71 bits per heavy atom. The van der Waals surface area contributed by atoms with E-state index in [0.717, 1.165) is 5.56 Å². The Balaban J connectivity index is 1.76. The lowest BCUT2D eigenvalue weighted by molar-refractivity contribution is 0.102. The van der Waals surface area contributed by atoms with Gasteiger partial charge < -0.3 is 10.6 Å². The minimum Gasteiger partial charge on any atom is -0.365 e. The molecule has 0 unspecified atom stereocenters. The number of nitrogens with zero attached hydrogens (tertiary/aromatic N) is 2. The summed E-state index contributed by atoms with van der Waals surface area (Å²) in [6, 6.07) is 16.7. The minimum absolute atomic E-state index is 0.244. The van der Waals surface area contributed by atoms with E-state index < -0.39 is 0 Å². The third-order valence-corrected chi connectivity index (χ3v) is 3.66. The zero-order valence-electron chi connectivity index (χ0n) is 12.7. The van der Waals surface area contributed by atoms with Crippen LogP contribution in [0.15, 0.2) is 67.0 Å². The molecule has 2 N–H and O–H groups in total. The van der Waals surface area contributed by atoms with Gasteiger partial charge in [-0.15, -0.1) is 0 Å². The lowest BCUT2D eigenvalue weighted by Gasteiger charge is -2.11. The van der Waals surface area contributed by atoms with Crippen molar-refractivity contribution >= 4 is 29.0 Å². The number of aromatic nitrogens is 2. The normalized spacial score (nSPS) is 10.2. The van der Waals surface area contributed by atoms with Crippen LogP contribution in [0.25, 0.3) is 0 Å². The predicted octanol–water partition coefficient (Wildman–Crippen LogP) is 3.99. The monoisotopic (exact) mass is 338 g/mol. The predicted molar refractivity (Wildman–Crippen MR) is 95.2 cm³/mol. The van der Waals surface area contributed by atoms with Gasteiger partial charge in [0.25, 0.3) is 5.91 Å². The maximum Gasteiger partial charge on any atom is 0.259 e. The molecule has 0 aliphatic carbocycles. The van der Waals surface area contributed by atoms with Crippen LogP contribution in [-0.4, -0.2) is 15.9 Å². The fraction of sp³-hybridized carbons (Fsp3) is 0.0556. The first-order valence-corrected chi connectivity index (χ1v) is 7.76. The number of carbonyl (C=O) groups is 1. The van der Waals surface area contributed by atoms with E-state index in [2.05, 4.69) is 20.6 Å². The van der Waals surface area contributed by atoms with Crippen LogP contribution in [0, 0.1) is 0 Å². The molecule has 0 bridgehead atoms. The summed E-state index contributed by atoms with van der Waals surface area (Å²) in [5.41, 5.74) is 2.00. The molecule has 2 heterocycles. The van der Waals surface area contributed by atoms with Gasteiger partial charge in [0, 0.05) is 18.9 Å². The first-order chi connectivity index (χ1) is 11.7. The Labute approximate surface area is 144 Å². The van der Waals surface area contributed by atoms with Crippen molar-refractivity contribution in [2.75, 3.05) is 10.6 Å². The molecule has 0 spiro atoms. The van der Waals surface area contributed by atoms with Gasteiger partial charge in [-0.2, -0.15) is 0 Å². The van der Waals surface area contributed by atoms with Gasteiger partial charge in [0.1, 0.15) is 5.82 Å². The molecule has 5 nitrogen and oxygen atoms in total. The number of nitrogens with one attached hydrogen (secondary N) is 2. The average molecular weight is 339 g/mol. The highest BCUT2D eigenvalue weighted by atomic mass is 35.5. The van der Waals surface area contributed by atoms with Crippen LogP contribution in [0.4, 0.5) is 11.5 Å². The van der Waals surface area contributed by atoms with Gasteiger partial charge in [-0.05, 0) is 29.8 Å². The lowest BCUT2D eigenvalue weighted by Crippen LogP contribution is -2.16. The standard InChI is InChI=1S/C18H15ClN4O/c19-16-15(9-5-10-20-16)23-18(24)14-8-4-11-21-17(14)22-12-13-6-2-1-3-7-13/h1-11H,12H2,(H,21,22)(H,23,24). The SMILES string of the molecule is O=C(Nc1cccnc1Cl)c1cccnc1NCc1ccccc1. The van der Waals surface area contributed by atoms with Crippen molar-refractivity contribution in [3.8, 4) is 0 Å². The number of hydrogen-bond acceptors (Lipinski definition) is 4. The molecule has 0 fully saturated rings. The van der Waals surface area contributed by atoms with Gasteiger partial charge in [-0.25, -0.2) is 9.97 Å². The highest BCUT2D eigenvalue weighted by molar-refractivity contribution is 6.32. The largest absolute Gasteiger partial charge is 0.365 e. The van der Waals surface area contributed by atoms with Crippen molar-refractivity contribution in [1.29, 1.82) is 0 Å². The number of benzene rings is 1. The molecule has 3 aromatic rings. The number of anilines is 2. The molecule has 0 saturated carbocycles. The van der Waals surface area contributed by atoms with E-state index in [1.54, 1.807) is 36.7 Å². The first-order valence-electron chi connectivity index (χ1n) is 7.39. The average Bonchev–Trinajstić information content (AvgIpc) is 2.63. The quantitative estimate of drug-likeness (QED) is 0.690. The second kappa shape index (κ2) is 7.57. The highest BCUT2D eigenvalue weighted by Crippen LogP contribution is 2.20. The Morgan fingerprint density at radius 1 is 0.958 bits per heavy atom. The van der Waals surface area contributed by atoms with Gasteiger partial charge in [0.2, 0.25) is 0 Å². The molecule has 1 amide bonds. The number of hydrogen-bond donors (Lipinski definition) is 2. The summed E-state index contributed by atoms with van der Waals surface area (Å²) in [6.45, 7) is 0.575. The van der Waals surface area contributed by atoms with Gasteiger partial charge in [0.15, 0.2) is 5.15 Å². The van der Waals surface area contributed by atoms with Gasteiger partial charge in [-0.3, -0.25) is 4.79 Å². The van der Waals surface area contributed by atoms with Gasteiger partial charge in [0.05, 0.1) is 11.3 Å². The number of rotatable bonds is 5. The van der Waals surface area contributed by atoms with E-state index in [1.165, 1.54) is 0 Å². The maximum absolute atomic E-state index is 12.5. The van der Waals surface area contributed by atoms with E-state index in [0.29, 0.717) is 23.6 Å². The van der Waals surface area contributed by atoms with E-state index in [9.17, 15) is 4.79 Å². The zero-order chi connectivity index (χ0) is 16.8. The van der Waals surface area contributed by atoms with Crippen molar-refractivity contribution in [3.63, 3.8) is 0 Å². The van der Waals surface area contributed by atoms with Gasteiger partial charge >= 0.3 is 0 Å². The summed E-state index contributed by atoms with van der Waals surface area (Å²) in [7, 11) is 0. The third-order valence-electron chi connectivity index (χ3n) is 3.36. The van der Waals surface area contributed by atoms with Crippen LogP contribution in [0.1, 0.15) is 15.9 Å². The number of pyridine rings is 2. The molecule has 2 aromatic heterocycles. The Morgan fingerprint density at radius 3 is 2.50 bits per heavy atom. The van der Waals surface area contributed by atoms with E-state index in [4.69, 9.17) is 11.6 Å². The minimum atomic E-state index is -0.298. The molecule has 1 aromatic carbocycles. The molecule has 0 saturated heterocycles. The van der Waals surface area contributed by atoms with Crippen molar-refractivity contribution in [2.24, 2.45) is 0 Å². The molecule has 24 heavy (non-hydrogen) atoms. The summed E-state index contributed by atoms with van der Waals surface area (Å²) in [5.74, 6) is 0.215. The van der Waals surface area contributed by atoms with Gasteiger partial charge in [-0.1, -0.05) is 41.9 Å². The molecule has 6 heteroatoms. The smallest absolute Gasteiger partial charge is 0.259 e. The summed E-state index contributed by atoms with van der Waals surface area (Å²) in [6.07, 6.45) is 3.20. The van der Waals surface area contributed by atoms with E-state index in [-0.39, 0.29) is 11.1 Å². The topological polar surface area (TPSA) is 66.9 Å². The fourth-order valence-corrected chi connectivity index (χ4v) is 2.35.